The largest absolute Gasteiger partial charge is 0.389 e. The molecule has 0 radical (unpaired) electrons. The SMILES string of the molecule is Cc1ccccc1C(C)NC(=O)CN1CCCC(C)(O)C1. The summed E-state index contributed by atoms with van der Waals surface area (Å²) in [6.45, 7) is 7.70. The average molecular weight is 290 g/mol. The molecule has 0 saturated carbocycles. The van der Waals surface area contributed by atoms with Gasteiger partial charge in [0, 0.05) is 6.54 Å². The van der Waals surface area contributed by atoms with Crippen molar-refractivity contribution < 1.29 is 9.90 Å². The van der Waals surface area contributed by atoms with Gasteiger partial charge in [-0.2, -0.15) is 0 Å². The summed E-state index contributed by atoms with van der Waals surface area (Å²) in [6, 6.07) is 8.10. The number of likely N-dealkylation sites (tertiary alicyclic amines) is 1. The van der Waals surface area contributed by atoms with E-state index in [1.165, 1.54) is 5.56 Å². The molecular formula is C17H26N2O2. The first-order valence-corrected chi connectivity index (χ1v) is 7.67. The summed E-state index contributed by atoms with van der Waals surface area (Å²) in [5.74, 6) is 0.0171. The van der Waals surface area contributed by atoms with Crippen molar-refractivity contribution in [2.45, 2.75) is 45.3 Å². The third-order valence-electron chi connectivity index (χ3n) is 4.15. The highest BCUT2D eigenvalue weighted by atomic mass is 16.3. The summed E-state index contributed by atoms with van der Waals surface area (Å²) >= 11 is 0. The molecule has 116 valence electrons. The molecule has 2 rings (SSSR count). The first-order valence-electron chi connectivity index (χ1n) is 7.67. The van der Waals surface area contributed by atoms with E-state index in [1.807, 2.05) is 36.9 Å². The van der Waals surface area contributed by atoms with Gasteiger partial charge in [-0.1, -0.05) is 24.3 Å². The number of aryl methyl sites for hydroxylation is 1. The second-order valence-corrected chi connectivity index (χ2v) is 6.46. The zero-order valence-electron chi connectivity index (χ0n) is 13.2. The van der Waals surface area contributed by atoms with Crippen LogP contribution in [0.3, 0.4) is 0 Å². The molecule has 0 spiro atoms. The van der Waals surface area contributed by atoms with Crippen LogP contribution in [-0.2, 0) is 4.79 Å². The second-order valence-electron chi connectivity index (χ2n) is 6.46. The Bertz CT molecular complexity index is 499. The van der Waals surface area contributed by atoms with Gasteiger partial charge in [0.25, 0.3) is 0 Å². The highest BCUT2D eigenvalue weighted by Gasteiger charge is 2.29. The summed E-state index contributed by atoms with van der Waals surface area (Å²) in [5, 5.41) is 13.1. The lowest BCUT2D eigenvalue weighted by Gasteiger charge is -2.36. The number of nitrogens with zero attached hydrogens (tertiary/aromatic N) is 1. The van der Waals surface area contributed by atoms with E-state index in [2.05, 4.69) is 18.3 Å². The van der Waals surface area contributed by atoms with Crippen LogP contribution >= 0.6 is 0 Å². The van der Waals surface area contributed by atoms with Crippen molar-refractivity contribution in [2.75, 3.05) is 19.6 Å². The summed E-state index contributed by atoms with van der Waals surface area (Å²) in [6.07, 6.45) is 1.75. The Morgan fingerprint density at radius 2 is 2.19 bits per heavy atom. The van der Waals surface area contributed by atoms with E-state index in [0.717, 1.165) is 24.9 Å². The van der Waals surface area contributed by atoms with Gasteiger partial charge in [-0.05, 0) is 51.3 Å². The fraction of sp³-hybridized carbons (Fsp3) is 0.588. The predicted molar refractivity (Wildman–Crippen MR) is 84.0 cm³/mol. The van der Waals surface area contributed by atoms with Crippen LogP contribution in [0.2, 0.25) is 0 Å². The molecular weight excluding hydrogens is 264 g/mol. The summed E-state index contributed by atoms with van der Waals surface area (Å²) in [5.41, 5.74) is 1.67. The standard InChI is InChI=1S/C17H26N2O2/c1-13-7-4-5-8-15(13)14(2)18-16(20)11-19-10-6-9-17(3,21)12-19/h4-5,7-8,14,21H,6,9-12H2,1-3H3,(H,18,20). The minimum atomic E-state index is -0.667. The average Bonchev–Trinajstić information content (AvgIpc) is 2.37. The van der Waals surface area contributed by atoms with Gasteiger partial charge in [0.2, 0.25) is 5.91 Å². The number of hydrogen-bond donors (Lipinski definition) is 2. The zero-order chi connectivity index (χ0) is 15.5. The Labute approximate surface area is 127 Å². The lowest BCUT2D eigenvalue weighted by molar-refractivity contribution is -0.124. The predicted octanol–water partition coefficient (Wildman–Crippen LogP) is 2.02. The number of β-amino-alcohol motifs (C(OH)–C–C–N with tert-alkyl or cyclic N) is 1. The van der Waals surface area contributed by atoms with Crippen LogP contribution in [0.4, 0.5) is 0 Å². The molecule has 4 nitrogen and oxygen atoms in total. The Balaban J connectivity index is 1.88. The second kappa shape index (κ2) is 6.58. The Hall–Kier alpha value is -1.39. The maximum atomic E-state index is 12.2. The van der Waals surface area contributed by atoms with E-state index in [0.29, 0.717) is 13.1 Å². The van der Waals surface area contributed by atoms with Gasteiger partial charge in [-0.15, -0.1) is 0 Å². The molecule has 0 aliphatic carbocycles. The maximum absolute atomic E-state index is 12.2. The van der Waals surface area contributed by atoms with Crippen molar-refractivity contribution in [3.8, 4) is 0 Å². The van der Waals surface area contributed by atoms with E-state index in [1.54, 1.807) is 0 Å². The van der Waals surface area contributed by atoms with Crippen LogP contribution in [0.25, 0.3) is 0 Å². The molecule has 1 heterocycles. The van der Waals surface area contributed by atoms with Crippen LogP contribution in [0, 0.1) is 6.92 Å². The van der Waals surface area contributed by atoms with Crippen LogP contribution in [0.15, 0.2) is 24.3 Å². The molecule has 1 aromatic carbocycles. The molecule has 0 bridgehead atoms. The monoisotopic (exact) mass is 290 g/mol. The van der Waals surface area contributed by atoms with Gasteiger partial charge in [-0.3, -0.25) is 9.69 Å². The summed E-state index contributed by atoms with van der Waals surface area (Å²) in [4.78, 5) is 14.2. The number of hydrogen-bond acceptors (Lipinski definition) is 3. The number of benzene rings is 1. The highest BCUT2D eigenvalue weighted by molar-refractivity contribution is 5.78. The lowest BCUT2D eigenvalue weighted by Crippen LogP contribution is -2.49. The Kier molecular flexibility index (Phi) is 5.01. The van der Waals surface area contributed by atoms with Crippen LogP contribution in [0.1, 0.15) is 43.9 Å². The number of aliphatic hydroxyl groups is 1. The van der Waals surface area contributed by atoms with Gasteiger partial charge >= 0.3 is 0 Å². The van der Waals surface area contributed by atoms with Gasteiger partial charge in [0.1, 0.15) is 0 Å². The third kappa shape index (κ3) is 4.55. The van der Waals surface area contributed by atoms with Gasteiger partial charge in [0.15, 0.2) is 0 Å². The lowest BCUT2D eigenvalue weighted by atomic mass is 9.95. The Morgan fingerprint density at radius 1 is 1.48 bits per heavy atom. The van der Waals surface area contributed by atoms with E-state index in [9.17, 15) is 9.90 Å². The number of amides is 1. The van der Waals surface area contributed by atoms with Crippen LogP contribution in [0.5, 0.6) is 0 Å². The van der Waals surface area contributed by atoms with Crippen molar-refractivity contribution in [3.63, 3.8) is 0 Å². The van der Waals surface area contributed by atoms with E-state index in [-0.39, 0.29) is 11.9 Å². The number of rotatable bonds is 4. The number of nitrogens with one attached hydrogen (secondary N) is 1. The molecule has 1 aromatic rings. The van der Waals surface area contributed by atoms with Crippen molar-refractivity contribution in [1.82, 2.24) is 10.2 Å². The quantitative estimate of drug-likeness (QED) is 0.892. The van der Waals surface area contributed by atoms with Gasteiger partial charge < -0.3 is 10.4 Å². The molecule has 21 heavy (non-hydrogen) atoms. The van der Waals surface area contributed by atoms with Crippen molar-refractivity contribution >= 4 is 5.91 Å². The number of carbonyl (C=O) groups is 1. The number of carbonyl (C=O) groups excluding carboxylic acids is 1. The first kappa shape index (κ1) is 16.0. The molecule has 1 fully saturated rings. The molecule has 0 aromatic heterocycles. The minimum absolute atomic E-state index is 0.00370. The molecule has 1 saturated heterocycles. The zero-order valence-corrected chi connectivity index (χ0v) is 13.2. The van der Waals surface area contributed by atoms with E-state index in [4.69, 9.17) is 0 Å². The number of piperidine rings is 1. The summed E-state index contributed by atoms with van der Waals surface area (Å²) < 4.78 is 0. The van der Waals surface area contributed by atoms with E-state index < -0.39 is 5.60 Å². The molecule has 2 N–H and O–H groups in total. The highest BCUT2D eigenvalue weighted by Crippen LogP contribution is 2.20. The van der Waals surface area contributed by atoms with Gasteiger partial charge in [-0.25, -0.2) is 0 Å². The molecule has 2 unspecified atom stereocenters. The van der Waals surface area contributed by atoms with E-state index >= 15 is 0 Å². The topological polar surface area (TPSA) is 52.6 Å². The minimum Gasteiger partial charge on any atom is -0.389 e. The van der Waals surface area contributed by atoms with Crippen molar-refractivity contribution in [1.29, 1.82) is 0 Å². The summed E-state index contributed by atoms with van der Waals surface area (Å²) in [7, 11) is 0. The van der Waals surface area contributed by atoms with Crippen LogP contribution in [-0.4, -0.2) is 41.1 Å². The Morgan fingerprint density at radius 3 is 2.86 bits per heavy atom. The molecule has 1 aliphatic rings. The maximum Gasteiger partial charge on any atom is 0.234 e. The third-order valence-corrected chi connectivity index (χ3v) is 4.15. The fourth-order valence-electron chi connectivity index (χ4n) is 3.10. The fourth-order valence-corrected chi connectivity index (χ4v) is 3.10. The molecule has 1 aliphatic heterocycles. The molecule has 4 heteroatoms. The van der Waals surface area contributed by atoms with Crippen LogP contribution < -0.4 is 5.32 Å². The molecule has 2 atom stereocenters. The van der Waals surface area contributed by atoms with Crippen molar-refractivity contribution in [2.24, 2.45) is 0 Å². The normalized spacial score (nSPS) is 24.6. The first-order chi connectivity index (χ1) is 9.87. The smallest absolute Gasteiger partial charge is 0.234 e. The van der Waals surface area contributed by atoms with Gasteiger partial charge in [0.05, 0.1) is 18.2 Å². The molecule has 1 amide bonds. The van der Waals surface area contributed by atoms with Crippen molar-refractivity contribution in [3.05, 3.63) is 35.4 Å².